The van der Waals surface area contributed by atoms with E-state index in [1.54, 1.807) is 0 Å². The Balaban J connectivity index is 2.97. The Bertz CT molecular complexity index is 706. The Kier molecular flexibility index (Phi) is 8.27. The normalized spacial score (nSPS) is 21.6. The number of hydrogen-bond donors (Lipinski definition) is 5. The van der Waals surface area contributed by atoms with Crippen LogP contribution in [0.1, 0.15) is 74.7 Å². The molecule has 1 saturated heterocycles. The third kappa shape index (κ3) is 8.47. The zero-order valence-electron chi connectivity index (χ0n) is 20.2. The second kappa shape index (κ2) is 9.54. The number of rotatable bonds is 8. The predicted molar refractivity (Wildman–Crippen MR) is 120 cm³/mol. The summed E-state index contributed by atoms with van der Waals surface area (Å²) in [6.45, 7) is 15.2. The number of carbonyl (C=O) groups is 4. The Morgan fingerprint density at radius 1 is 1.06 bits per heavy atom. The van der Waals surface area contributed by atoms with Crippen molar-refractivity contribution in [1.29, 1.82) is 0 Å². The molecular weight excluding hydrogens is 398 g/mol. The van der Waals surface area contributed by atoms with E-state index >= 15 is 0 Å². The van der Waals surface area contributed by atoms with E-state index in [2.05, 4.69) is 16.0 Å². The van der Waals surface area contributed by atoms with Crippen molar-refractivity contribution in [2.45, 2.75) is 98.3 Å². The molecule has 9 heteroatoms. The van der Waals surface area contributed by atoms with Crippen molar-refractivity contribution in [2.75, 3.05) is 0 Å². The molecule has 0 aromatic carbocycles. The van der Waals surface area contributed by atoms with Crippen LogP contribution in [-0.2, 0) is 19.2 Å². The molecule has 7 N–H and O–H groups in total. The quantitative estimate of drug-likeness (QED) is 0.373. The van der Waals surface area contributed by atoms with Crippen LogP contribution in [0.2, 0.25) is 0 Å². The summed E-state index contributed by atoms with van der Waals surface area (Å²) in [4.78, 5) is 49.9. The highest BCUT2D eigenvalue weighted by molar-refractivity contribution is 5.93. The minimum Gasteiger partial charge on any atom is -0.368 e. The van der Waals surface area contributed by atoms with Crippen molar-refractivity contribution in [3.8, 4) is 0 Å². The third-order valence-corrected chi connectivity index (χ3v) is 5.43. The van der Waals surface area contributed by atoms with Crippen LogP contribution in [0.3, 0.4) is 0 Å². The maximum Gasteiger partial charge on any atom is 0.243 e. The van der Waals surface area contributed by atoms with Crippen LogP contribution in [0.5, 0.6) is 0 Å². The summed E-state index contributed by atoms with van der Waals surface area (Å²) >= 11 is 0. The third-order valence-electron chi connectivity index (χ3n) is 5.43. The molecule has 0 aromatic heterocycles. The van der Waals surface area contributed by atoms with Gasteiger partial charge in [0.25, 0.3) is 0 Å². The molecule has 1 fully saturated rings. The first-order valence-electron chi connectivity index (χ1n) is 10.8. The first kappa shape index (κ1) is 26.9. The van der Waals surface area contributed by atoms with Gasteiger partial charge in [-0.15, -0.1) is 0 Å². The van der Waals surface area contributed by atoms with Crippen LogP contribution >= 0.6 is 0 Å². The molecule has 0 bridgehead atoms. The molecular formula is C22H41N5O4. The van der Waals surface area contributed by atoms with Gasteiger partial charge in [0, 0.05) is 11.5 Å². The van der Waals surface area contributed by atoms with E-state index in [0.29, 0.717) is 12.8 Å². The van der Waals surface area contributed by atoms with Gasteiger partial charge in [0.2, 0.25) is 23.6 Å². The summed E-state index contributed by atoms with van der Waals surface area (Å²) in [5, 5.41) is 8.25. The first-order valence-corrected chi connectivity index (χ1v) is 10.8. The number of carbonyl (C=O) groups excluding carboxylic acids is 4. The molecule has 4 atom stereocenters. The second-order valence-corrected chi connectivity index (χ2v) is 11.6. The smallest absolute Gasteiger partial charge is 0.243 e. The van der Waals surface area contributed by atoms with Crippen LogP contribution in [0.25, 0.3) is 0 Å². The van der Waals surface area contributed by atoms with Gasteiger partial charge in [-0.3, -0.25) is 19.2 Å². The predicted octanol–water partition coefficient (Wildman–Crippen LogP) is 0.556. The van der Waals surface area contributed by atoms with E-state index in [1.165, 1.54) is 0 Å². The summed E-state index contributed by atoms with van der Waals surface area (Å²) in [7, 11) is 0. The lowest BCUT2D eigenvalue weighted by molar-refractivity contribution is -0.133. The van der Waals surface area contributed by atoms with Gasteiger partial charge in [0.05, 0.1) is 6.04 Å². The molecule has 0 aliphatic carbocycles. The average molecular weight is 440 g/mol. The zero-order chi connectivity index (χ0) is 24.4. The molecule has 178 valence electrons. The van der Waals surface area contributed by atoms with Crippen molar-refractivity contribution in [3.63, 3.8) is 0 Å². The fourth-order valence-electron chi connectivity index (χ4n) is 3.67. The Morgan fingerprint density at radius 3 is 1.97 bits per heavy atom. The van der Waals surface area contributed by atoms with Crippen molar-refractivity contribution >= 4 is 23.6 Å². The molecule has 9 nitrogen and oxygen atoms in total. The van der Waals surface area contributed by atoms with Gasteiger partial charge >= 0.3 is 0 Å². The standard InChI is InChI=1S/C22H41N5O4/c1-20(2,3)11-14(26-19(31)15(23)21(4,5)6)18(30)25-13(16(24)28)9-12-10-22(7,8)27-17(12)29/h12-15H,9-11,23H2,1-8H3,(H2,24,28)(H,25,30)(H,26,31)(H,27,29)/t12-,13+,14+,15-/m1/s1. The Labute approximate surface area is 185 Å². The number of amides is 4. The van der Waals surface area contributed by atoms with E-state index in [9.17, 15) is 19.2 Å². The van der Waals surface area contributed by atoms with E-state index < -0.39 is 47.2 Å². The van der Waals surface area contributed by atoms with Crippen LogP contribution in [0.4, 0.5) is 0 Å². The summed E-state index contributed by atoms with van der Waals surface area (Å²) in [5.74, 6) is -2.28. The fourth-order valence-corrected chi connectivity index (χ4v) is 3.67. The Morgan fingerprint density at radius 2 is 1.58 bits per heavy atom. The van der Waals surface area contributed by atoms with Gasteiger partial charge in [-0.2, -0.15) is 0 Å². The van der Waals surface area contributed by atoms with Gasteiger partial charge in [-0.25, -0.2) is 0 Å². The van der Waals surface area contributed by atoms with Gasteiger partial charge in [-0.05, 0) is 43.9 Å². The molecule has 31 heavy (non-hydrogen) atoms. The maximum absolute atomic E-state index is 13.1. The molecule has 0 unspecified atom stereocenters. The van der Waals surface area contributed by atoms with Crippen molar-refractivity contribution < 1.29 is 19.2 Å². The van der Waals surface area contributed by atoms with E-state index in [1.807, 2.05) is 55.4 Å². The van der Waals surface area contributed by atoms with Gasteiger partial charge < -0.3 is 27.4 Å². The van der Waals surface area contributed by atoms with Gasteiger partial charge in [0.15, 0.2) is 0 Å². The molecule has 1 heterocycles. The second-order valence-electron chi connectivity index (χ2n) is 11.6. The summed E-state index contributed by atoms with van der Waals surface area (Å²) in [6, 6.07) is -2.72. The SMILES string of the molecule is CC(C)(C)C[C@H](NC(=O)[C@@H](N)C(C)(C)C)C(=O)N[C@@H](C[C@@H]1CC(C)(C)NC1=O)C(N)=O. The lowest BCUT2D eigenvalue weighted by Crippen LogP contribution is -2.58. The summed E-state index contributed by atoms with van der Waals surface area (Å²) in [6.07, 6.45) is 0.978. The maximum atomic E-state index is 13.1. The zero-order valence-corrected chi connectivity index (χ0v) is 20.2. The van der Waals surface area contributed by atoms with Crippen molar-refractivity contribution in [2.24, 2.45) is 28.2 Å². The molecule has 1 aliphatic rings. The molecule has 1 aliphatic heterocycles. The summed E-state index contributed by atoms with van der Waals surface area (Å²) < 4.78 is 0. The molecule has 0 aromatic rings. The molecule has 0 spiro atoms. The minimum atomic E-state index is -1.02. The number of nitrogens with two attached hydrogens (primary N) is 2. The van der Waals surface area contributed by atoms with E-state index in [4.69, 9.17) is 11.5 Å². The van der Waals surface area contributed by atoms with Crippen LogP contribution in [0, 0.1) is 16.7 Å². The molecule has 4 amide bonds. The Hall–Kier alpha value is -2.16. The molecule has 0 saturated carbocycles. The molecule has 1 rings (SSSR count). The largest absolute Gasteiger partial charge is 0.368 e. The van der Waals surface area contributed by atoms with E-state index in [-0.39, 0.29) is 23.3 Å². The lowest BCUT2D eigenvalue weighted by atomic mass is 9.85. The fraction of sp³-hybridized carbons (Fsp3) is 0.818. The number of nitrogens with one attached hydrogen (secondary N) is 3. The number of hydrogen-bond acceptors (Lipinski definition) is 5. The summed E-state index contributed by atoms with van der Waals surface area (Å²) in [5.41, 5.74) is 10.4. The highest BCUT2D eigenvalue weighted by Gasteiger charge is 2.40. The monoisotopic (exact) mass is 439 g/mol. The van der Waals surface area contributed by atoms with Gasteiger partial charge in [0.1, 0.15) is 12.1 Å². The highest BCUT2D eigenvalue weighted by Crippen LogP contribution is 2.28. The number of primary amides is 1. The average Bonchev–Trinajstić information content (AvgIpc) is 2.82. The van der Waals surface area contributed by atoms with Crippen molar-refractivity contribution in [3.05, 3.63) is 0 Å². The molecule has 0 radical (unpaired) electrons. The van der Waals surface area contributed by atoms with Crippen molar-refractivity contribution in [1.82, 2.24) is 16.0 Å². The lowest BCUT2D eigenvalue weighted by Gasteiger charge is -2.31. The van der Waals surface area contributed by atoms with Gasteiger partial charge in [-0.1, -0.05) is 41.5 Å². The van der Waals surface area contributed by atoms with Crippen LogP contribution in [-0.4, -0.2) is 47.3 Å². The topological polar surface area (TPSA) is 156 Å². The first-order chi connectivity index (χ1) is 13.8. The van der Waals surface area contributed by atoms with E-state index in [0.717, 1.165) is 0 Å². The minimum absolute atomic E-state index is 0.105. The highest BCUT2D eigenvalue weighted by atomic mass is 16.2. The van der Waals surface area contributed by atoms with Crippen LogP contribution < -0.4 is 27.4 Å². The van der Waals surface area contributed by atoms with Crippen LogP contribution in [0.15, 0.2) is 0 Å².